The molecule has 2 aromatic carbocycles. The topological polar surface area (TPSA) is 75.7 Å². The van der Waals surface area contributed by atoms with Gasteiger partial charge in [0.05, 0.1) is 24.6 Å². The summed E-state index contributed by atoms with van der Waals surface area (Å²) >= 11 is 0. The minimum atomic E-state index is -4.64. The highest BCUT2D eigenvalue weighted by Crippen LogP contribution is 2.32. The zero-order chi connectivity index (χ0) is 21.8. The first-order chi connectivity index (χ1) is 13.4. The summed E-state index contributed by atoms with van der Waals surface area (Å²) in [4.78, 5) is 12.5. The lowest BCUT2D eigenvalue weighted by Gasteiger charge is -2.28. The van der Waals surface area contributed by atoms with E-state index in [2.05, 4.69) is 5.32 Å². The summed E-state index contributed by atoms with van der Waals surface area (Å²) in [6.45, 7) is 1.43. The van der Waals surface area contributed by atoms with Crippen molar-refractivity contribution in [1.82, 2.24) is 5.32 Å². The van der Waals surface area contributed by atoms with Gasteiger partial charge < -0.3 is 10.1 Å². The number of nitrogens with zero attached hydrogens (tertiary/aromatic N) is 1. The molecule has 0 aliphatic carbocycles. The average Bonchev–Trinajstić information content (AvgIpc) is 2.65. The average molecular weight is 430 g/mol. The number of anilines is 1. The van der Waals surface area contributed by atoms with Crippen molar-refractivity contribution in [2.24, 2.45) is 0 Å². The lowest BCUT2D eigenvalue weighted by atomic mass is 10.1. The molecule has 1 amide bonds. The number of carbonyl (C=O) groups excluding carboxylic acids is 1. The summed E-state index contributed by atoms with van der Waals surface area (Å²) in [6, 6.07) is 9.45. The summed E-state index contributed by atoms with van der Waals surface area (Å²) in [6.07, 6.45) is -3.81. The van der Waals surface area contributed by atoms with E-state index in [1.54, 1.807) is 24.3 Å². The van der Waals surface area contributed by atoms with E-state index in [4.69, 9.17) is 4.74 Å². The molecular formula is C19H21F3N2O4S. The monoisotopic (exact) mass is 430 g/mol. The summed E-state index contributed by atoms with van der Waals surface area (Å²) in [5, 5.41) is 2.60. The van der Waals surface area contributed by atoms with Crippen LogP contribution in [0.15, 0.2) is 48.5 Å². The maximum absolute atomic E-state index is 13.0. The number of alkyl halides is 3. The zero-order valence-corrected chi connectivity index (χ0v) is 16.8. The van der Waals surface area contributed by atoms with Crippen LogP contribution < -0.4 is 14.4 Å². The molecule has 0 spiro atoms. The number of sulfonamides is 1. The highest BCUT2D eigenvalue weighted by Gasteiger charge is 2.34. The summed E-state index contributed by atoms with van der Waals surface area (Å²) < 4.78 is 69.2. The van der Waals surface area contributed by atoms with Crippen LogP contribution in [0.4, 0.5) is 18.9 Å². The molecule has 0 aliphatic rings. The fourth-order valence-electron chi connectivity index (χ4n) is 2.71. The Bertz CT molecular complexity index is 960. The standard InChI is InChI=1S/C19H21F3N2O4S/c1-13(18(25)23-12-14-7-9-17(28-2)10-8-14)24(29(3,26)27)16-6-4-5-15(11-16)19(20,21)22/h4-11,13H,12H2,1-3H3,(H,23,25)/t13-/m0/s1. The van der Waals surface area contributed by atoms with E-state index in [0.717, 1.165) is 24.0 Å². The van der Waals surface area contributed by atoms with Crippen LogP contribution in [0, 0.1) is 0 Å². The van der Waals surface area contributed by atoms with Crippen molar-refractivity contribution in [2.75, 3.05) is 17.7 Å². The number of hydrogen-bond acceptors (Lipinski definition) is 4. The van der Waals surface area contributed by atoms with Crippen LogP contribution in [0.25, 0.3) is 0 Å². The van der Waals surface area contributed by atoms with Gasteiger partial charge in [-0.3, -0.25) is 9.10 Å². The van der Waals surface area contributed by atoms with Gasteiger partial charge in [-0.2, -0.15) is 13.2 Å². The molecule has 0 fully saturated rings. The van der Waals surface area contributed by atoms with Crippen LogP contribution in [0.1, 0.15) is 18.1 Å². The lowest BCUT2D eigenvalue weighted by molar-refractivity contribution is -0.137. The van der Waals surface area contributed by atoms with Gasteiger partial charge in [0.1, 0.15) is 11.8 Å². The van der Waals surface area contributed by atoms with Crippen LogP contribution in [-0.4, -0.2) is 33.7 Å². The number of hydrogen-bond donors (Lipinski definition) is 1. The van der Waals surface area contributed by atoms with Gasteiger partial charge in [-0.15, -0.1) is 0 Å². The molecule has 2 aromatic rings. The maximum atomic E-state index is 13.0. The van der Waals surface area contributed by atoms with E-state index < -0.39 is 33.7 Å². The number of benzene rings is 2. The first kappa shape index (κ1) is 22.5. The maximum Gasteiger partial charge on any atom is 0.416 e. The molecule has 0 saturated carbocycles. The second-order valence-electron chi connectivity index (χ2n) is 6.35. The predicted molar refractivity (Wildman–Crippen MR) is 103 cm³/mol. The normalized spacial score (nSPS) is 12.9. The molecule has 0 saturated heterocycles. The van der Waals surface area contributed by atoms with Gasteiger partial charge in [-0.05, 0) is 42.8 Å². The Morgan fingerprint density at radius 2 is 1.79 bits per heavy atom. The van der Waals surface area contributed by atoms with Gasteiger partial charge in [0.2, 0.25) is 15.9 Å². The number of rotatable bonds is 7. The lowest BCUT2D eigenvalue weighted by Crippen LogP contribution is -2.47. The molecule has 2 rings (SSSR count). The minimum absolute atomic E-state index is 0.118. The molecule has 10 heteroatoms. The van der Waals surface area contributed by atoms with Gasteiger partial charge in [0.15, 0.2) is 0 Å². The number of nitrogens with one attached hydrogen (secondary N) is 1. The molecule has 1 N–H and O–H groups in total. The number of carbonyl (C=O) groups is 1. The Labute approximate surface area is 167 Å². The number of halogens is 3. The molecule has 0 heterocycles. The summed E-state index contributed by atoms with van der Waals surface area (Å²) in [7, 11) is -2.51. The third-order valence-corrected chi connectivity index (χ3v) is 5.38. The van der Waals surface area contributed by atoms with Gasteiger partial charge in [0, 0.05) is 6.54 Å². The van der Waals surface area contributed by atoms with E-state index in [1.165, 1.54) is 20.1 Å². The van der Waals surface area contributed by atoms with Crippen molar-refractivity contribution in [2.45, 2.75) is 25.7 Å². The molecule has 0 unspecified atom stereocenters. The van der Waals surface area contributed by atoms with Crippen molar-refractivity contribution in [1.29, 1.82) is 0 Å². The molecular weight excluding hydrogens is 409 g/mol. The fourth-order valence-corrected chi connectivity index (χ4v) is 3.88. The fraction of sp³-hybridized carbons (Fsp3) is 0.316. The van der Waals surface area contributed by atoms with Crippen LogP contribution in [0.5, 0.6) is 5.75 Å². The van der Waals surface area contributed by atoms with Gasteiger partial charge in [-0.1, -0.05) is 18.2 Å². The van der Waals surface area contributed by atoms with Crippen LogP contribution in [-0.2, 0) is 27.5 Å². The highest BCUT2D eigenvalue weighted by atomic mass is 32.2. The van der Waals surface area contributed by atoms with Gasteiger partial charge in [0.25, 0.3) is 0 Å². The van der Waals surface area contributed by atoms with E-state index in [9.17, 15) is 26.4 Å². The van der Waals surface area contributed by atoms with Crippen LogP contribution in [0.3, 0.4) is 0 Å². The van der Waals surface area contributed by atoms with Gasteiger partial charge in [-0.25, -0.2) is 8.42 Å². The molecule has 29 heavy (non-hydrogen) atoms. The van der Waals surface area contributed by atoms with E-state index in [0.29, 0.717) is 16.1 Å². The summed E-state index contributed by atoms with van der Waals surface area (Å²) in [5.74, 6) is -0.00935. The minimum Gasteiger partial charge on any atom is -0.497 e. The highest BCUT2D eigenvalue weighted by molar-refractivity contribution is 7.92. The third-order valence-electron chi connectivity index (χ3n) is 4.14. The smallest absolute Gasteiger partial charge is 0.416 e. The Kier molecular flexibility index (Phi) is 6.78. The van der Waals surface area contributed by atoms with Crippen molar-refractivity contribution in [3.63, 3.8) is 0 Å². The van der Waals surface area contributed by atoms with Crippen molar-refractivity contribution < 1.29 is 31.1 Å². The number of amides is 1. The SMILES string of the molecule is COc1ccc(CNC(=O)[C@H](C)N(c2cccc(C(F)(F)F)c2)S(C)(=O)=O)cc1. The number of ether oxygens (including phenoxy) is 1. The summed E-state index contributed by atoms with van der Waals surface area (Å²) in [5.41, 5.74) is -0.500. The first-order valence-electron chi connectivity index (χ1n) is 8.51. The Morgan fingerprint density at radius 3 is 2.31 bits per heavy atom. The van der Waals surface area contributed by atoms with E-state index >= 15 is 0 Å². The molecule has 0 aromatic heterocycles. The second kappa shape index (κ2) is 8.73. The molecule has 158 valence electrons. The molecule has 1 atom stereocenters. The predicted octanol–water partition coefficient (Wildman–Crippen LogP) is 3.18. The largest absolute Gasteiger partial charge is 0.497 e. The molecule has 0 aliphatic heterocycles. The number of methoxy groups -OCH3 is 1. The Morgan fingerprint density at radius 1 is 1.17 bits per heavy atom. The Balaban J connectivity index is 2.22. The van der Waals surface area contributed by atoms with Gasteiger partial charge >= 0.3 is 6.18 Å². The first-order valence-corrected chi connectivity index (χ1v) is 10.4. The third kappa shape index (κ3) is 5.86. The van der Waals surface area contributed by atoms with E-state index in [1.807, 2.05) is 0 Å². The quantitative estimate of drug-likeness (QED) is 0.732. The molecule has 0 radical (unpaired) electrons. The van der Waals surface area contributed by atoms with E-state index in [-0.39, 0.29) is 12.2 Å². The van der Waals surface area contributed by atoms with Crippen LogP contribution >= 0.6 is 0 Å². The Hall–Kier alpha value is -2.75. The van der Waals surface area contributed by atoms with Crippen molar-refractivity contribution >= 4 is 21.6 Å². The molecule has 0 bridgehead atoms. The molecule has 6 nitrogen and oxygen atoms in total. The van der Waals surface area contributed by atoms with Crippen LogP contribution in [0.2, 0.25) is 0 Å². The second-order valence-corrected chi connectivity index (χ2v) is 8.21. The van der Waals surface area contributed by atoms with Crippen molar-refractivity contribution in [3.8, 4) is 5.75 Å². The zero-order valence-electron chi connectivity index (χ0n) is 16.0. The van der Waals surface area contributed by atoms with Crippen molar-refractivity contribution in [3.05, 3.63) is 59.7 Å².